The molecule has 0 radical (unpaired) electrons. The van der Waals surface area contributed by atoms with Crippen LogP contribution in [0.5, 0.6) is 0 Å². The Morgan fingerprint density at radius 2 is 1.86 bits per heavy atom. The Labute approximate surface area is 250 Å². The number of alkyl halides is 1. The average Bonchev–Trinajstić information content (AvgIpc) is 3.41. The molecule has 234 valence electrons. The van der Waals surface area contributed by atoms with Crippen LogP contribution in [0.1, 0.15) is 77.0 Å². The van der Waals surface area contributed by atoms with E-state index in [4.69, 9.17) is 4.74 Å². The maximum atomic E-state index is 16.1. The standard InChI is InChI=1S/C33H52FN5O3/c1-38-14-4-7-23(38)10-13-36-33(41)25-19-39-27-15-21-5-2-3-6-22(21)16-28(27)42-32-29(37-18-20-8-11-35-12-9-20)26(34)17-24(30(32)39)31(25)40/h19-24,26-30,32,35,37H,2-18H2,1H3,(H,36,41). The zero-order valence-electron chi connectivity index (χ0n) is 25.4. The second-order valence-electron chi connectivity index (χ2n) is 14.6. The summed E-state index contributed by atoms with van der Waals surface area (Å²) in [7, 11) is 2.14. The average molecular weight is 586 g/mol. The van der Waals surface area contributed by atoms with Crippen molar-refractivity contribution in [1.29, 1.82) is 0 Å². The number of halogens is 1. The highest BCUT2D eigenvalue weighted by Gasteiger charge is 2.59. The van der Waals surface area contributed by atoms with Gasteiger partial charge in [0.1, 0.15) is 6.17 Å². The summed E-state index contributed by atoms with van der Waals surface area (Å²) in [6.07, 6.45) is 13.1. The smallest absolute Gasteiger partial charge is 0.256 e. The third-order valence-electron chi connectivity index (χ3n) is 12.3. The number of amides is 1. The minimum Gasteiger partial charge on any atom is -0.369 e. The molecule has 10 atom stereocenters. The number of piperidine rings is 1. The summed E-state index contributed by atoms with van der Waals surface area (Å²) >= 11 is 0. The molecule has 1 amide bonds. The third kappa shape index (κ3) is 5.56. The van der Waals surface area contributed by atoms with E-state index in [1.54, 1.807) is 0 Å². The number of carbonyl (C=O) groups is 2. The van der Waals surface area contributed by atoms with Crippen LogP contribution in [0.2, 0.25) is 0 Å². The van der Waals surface area contributed by atoms with Crippen molar-refractivity contribution in [2.45, 2.75) is 120 Å². The highest BCUT2D eigenvalue weighted by atomic mass is 19.1. The van der Waals surface area contributed by atoms with Crippen molar-refractivity contribution < 1.29 is 18.7 Å². The van der Waals surface area contributed by atoms with Crippen LogP contribution in [-0.2, 0) is 14.3 Å². The summed E-state index contributed by atoms with van der Waals surface area (Å²) < 4.78 is 23.1. The zero-order valence-corrected chi connectivity index (χ0v) is 25.4. The Bertz CT molecular complexity index is 1040. The SMILES string of the molecule is CN1CCCC1CCNC(=O)C1=CN2C3CC4CCCCC4CC3OC3C(NCC4CCNCC4)C(F)CC(C1=O)C32. The lowest BCUT2D eigenvalue weighted by atomic mass is 9.65. The normalized spacial score (nSPS) is 42.4. The predicted octanol–water partition coefficient (Wildman–Crippen LogP) is 2.78. The van der Waals surface area contributed by atoms with E-state index in [9.17, 15) is 9.59 Å². The van der Waals surface area contributed by atoms with Gasteiger partial charge in [-0.05, 0) is 102 Å². The molecule has 7 rings (SSSR count). The Kier molecular flexibility index (Phi) is 8.65. The first-order valence-corrected chi connectivity index (χ1v) is 17.2. The number of hydrogen-bond acceptors (Lipinski definition) is 7. The van der Waals surface area contributed by atoms with E-state index in [0.717, 1.165) is 64.7 Å². The first-order valence-electron chi connectivity index (χ1n) is 17.2. The Morgan fingerprint density at radius 1 is 1.07 bits per heavy atom. The first-order chi connectivity index (χ1) is 20.5. The molecule has 0 aromatic rings. The Morgan fingerprint density at radius 3 is 2.62 bits per heavy atom. The molecule has 0 bridgehead atoms. The number of ether oxygens (including phenoxy) is 1. The molecule has 10 unspecified atom stereocenters. The lowest BCUT2D eigenvalue weighted by Crippen LogP contribution is -2.73. The van der Waals surface area contributed by atoms with Gasteiger partial charge in [0.25, 0.3) is 5.91 Å². The van der Waals surface area contributed by atoms with Gasteiger partial charge in [-0.2, -0.15) is 0 Å². The summed E-state index contributed by atoms with van der Waals surface area (Å²) in [5.74, 6) is 0.866. The van der Waals surface area contributed by atoms with Gasteiger partial charge >= 0.3 is 0 Å². The molecule has 7 aliphatic rings. The van der Waals surface area contributed by atoms with Gasteiger partial charge in [-0.3, -0.25) is 9.59 Å². The molecule has 0 aromatic carbocycles. The molecule has 3 aliphatic carbocycles. The van der Waals surface area contributed by atoms with Gasteiger partial charge in [-0.1, -0.05) is 25.7 Å². The van der Waals surface area contributed by atoms with Crippen molar-refractivity contribution in [3.05, 3.63) is 11.8 Å². The molecule has 4 aliphatic heterocycles. The Hall–Kier alpha value is -1.55. The molecule has 42 heavy (non-hydrogen) atoms. The molecular formula is C33H52FN5O3. The van der Waals surface area contributed by atoms with Gasteiger partial charge in [-0.15, -0.1) is 0 Å². The summed E-state index contributed by atoms with van der Waals surface area (Å²) in [5, 5.41) is 10.1. The molecule has 3 saturated heterocycles. The zero-order chi connectivity index (χ0) is 28.8. The number of ketones is 1. The van der Waals surface area contributed by atoms with Crippen molar-refractivity contribution in [3.8, 4) is 0 Å². The molecular weight excluding hydrogens is 533 g/mol. The van der Waals surface area contributed by atoms with E-state index in [1.807, 2.05) is 6.20 Å². The summed E-state index contributed by atoms with van der Waals surface area (Å²) in [5.41, 5.74) is 0.231. The number of morpholine rings is 1. The molecule has 0 aromatic heterocycles. The van der Waals surface area contributed by atoms with Gasteiger partial charge in [-0.25, -0.2) is 4.39 Å². The first kappa shape index (κ1) is 29.2. The van der Waals surface area contributed by atoms with E-state index in [0.29, 0.717) is 30.3 Å². The molecule has 9 heteroatoms. The second-order valence-corrected chi connectivity index (χ2v) is 14.6. The largest absolute Gasteiger partial charge is 0.369 e. The van der Waals surface area contributed by atoms with Crippen LogP contribution in [0.4, 0.5) is 4.39 Å². The number of carbonyl (C=O) groups excluding carboxylic acids is 2. The van der Waals surface area contributed by atoms with Crippen LogP contribution in [0.15, 0.2) is 11.8 Å². The lowest BCUT2D eigenvalue weighted by molar-refractivity contribution is -0.208. The van der Waals surface area contributed by atoms with Gasteiger partial charge in [0, 0.05) is 24.7 Å². The number of likely N-dealkylation sites (tertiary alicyclic amines) is 1. The third-order valence-corrected chi connectivity index (χ3v) is 12.3. The van der Waals surface area contributed by atoms with Crippen LogP contribution in [0, 0.1) is 23.7 Å². The molecule has 3 saturated carbocycles. The van der Waals surface area contributed by atoms with Gasteiger partial charge < -0.3 is 30.5 Å². The monoisotopic (exact) mass is 585 g/mol. The van der Waals surface area contributed by atoms with Crippen LogP contribution < -0.4 is 16.0 Å². The van der Waals surface area contributed by atoms with Gasteiger partial charge in [0.2, 0.25) is 0 Å². The maximum absolute atomic E-state index is 16.1. The molecule has 6 fully saturated rings. The number of rotatable bonds is 7. The quantitative estimate of drug-likeness (QED) is 0.396. The highest BCUT2D eigenvalue weighted by molar-refractivity contribution is 6.20. The van der Waals surface area contributed by atoms with Crippen LogP contribution >= 0.6 is 0 Å². The summed E-state index contributed by atoms with van der Waals surface area (Å²) in [6.45, 7) is 4.48. The fourth-order valence-electron chi connectivity index (χ4n) is 9.87. The topological polar surface area (TPSA) is 85.9 Å². The van der Waals surface area contributed by atoms with E-state index >= 15 is 4.39 Å². The summed E-state index contributed by atoms with van der Waals surface area (Å²) in [6, 6.07) is 0.00298. The molecule has 4 heterocycles. The predicted molar refractivity (Wildman–Crippen MR) is 160 cm³/mol. The fraction of sp³-hybridized carbons (Fsp3) is 0.879. The minimum atomic E-state index is -1.17. The van der Waals surface area contributed by atoms with Gasteiger partial charge in [0.05, 0.1) is 35.9 Å². The van der Waals surface area contributed by atoms with Crippen molar-refractivity contribution >= 4 is 11.7 Å². The number of nitrogens with one attached hydrogen (secondary N) is 3. The van der Waals surface area contributed by atoms with Crippen LogP contribution in [-0.4, -0.2) is 104 Å². The van der Waals surface area contributed by atoms with Crippen molar-refractivity contribution in [2.75, 3.05) is 39.8 Å². The van der Waals surface area contributed by atoms with Crippen molar-refractivity contribution in [2.24, 2.45) is 23.7 Å². The lowest BCUT2D eigenvalue weighted by Gasteiger charge is -2.61. The van der Waals surface area contributed by atoms with Crippen LogP contribution in [0.3, 0.4) is 0 Å². The van der Waals surface area contributed by atoms with Gasteiger partial charge in [0.15, 0.2) is 5.78 Å². The number of Topliss-reactive ketones (excluding diaryl/α,β-unsaturated/α-hetero) is 1. The van der Waals surface area contributed by atoms with E-state index < -0.39 is 18.1 Å². The van der Waals surface area contributed by atoms with Crippen molar-refractivity contribution in [3.63, 3.8) is 0 Å². The van der Waals surface area contributed by atoms with Crippen LogP contribution in [0.25, 0.3) is 0 Å². The number of nitrogens with zero attached hydrogens (tertiary/aromatic N) is 2. The Balaban J connectivity index is 1.13. The molecule has 8 nitrogen and oxygen atoms in total. The highest BCUT2D eigenvalue weighted by Crippen LogP contribution is 2.50. The second kappa shape index (κ2) is 12.4. The number of fused-ring (bicyclic) bond motifs is 3. The van der Waals surface area contributed by atoms with E-state index in [2.05, 4.69) is 32.8 Å². The molecule has 0 spiro atoms. The van der Waals surface area contributed by atoms with E-state index in [-0.39, 0.29) is 48.0 Å². The molecule has 3 N–H and O–H groups in total. The fourth-order valence-corrected chi connectivity index (χ4v) is 9.87. The number of hydrogen-bond donors (Lipinski definition) is 3. The minimum absolute atomic E-state index is 0.0198. The van der Waals surface area contributed by atoms with Crippen molar-refractivity contribution in [1.82, 2.24) is 25.8 Å². The van der Waals surface area contributed by atoms with E-state index in [1.165, 1.54) is 32.1 Å². The maximum Gasteiger partial charge on any atom is 0.256 e. The summed E-state index contributed by atoms with van der Waals surface area (Å²) in [4.78, 5) is 32.2.